The van der Waals surface area contributed by atoms with Crippen molar-refractivity contribution in [3.05, 3.63) is 29.3 Å². The molecule has 1 atom stereocenters. The Morgan fingerprint density at radius 1 is 1.32 bits per heavy atom. The fraction of sp³-hybridized carbons (Fsp3) is 0.611. The first-order chi connectivity index (χ1) is 11.8. The number of carbonyl (C=O) groups excluding carboxylic acids is 1. The zero-order valence-corrected chi connectivity index (χ0v) is 16.4. The van der Waals surface area contributed by atoms with Crippen molar-refractivity contribution in [1.82, 2.24) is 5.32 Å². The molecule has 0 aliphatic heterocycles. The highest BCUT2D eigenvalue weighted by Crippen LogP contribution is 2.26. The molecule has 7 heteroatoms. The molecule has 0 unspecified atom stereocenters. The standard InChI is InChI=1S/C18H27ClN2O3S/c1-3-17(18(22)20-13-14-8-5-4-6-9-14)21(25(2,23)24)16-11-7-10-15(19)12-16/h7,10-12,14,17H,3-6,8-9,13H2,1-2H3,(H,20,22)/t17-/m1/s1. The first-order valence-electron chi connectivity index (χ1n) is 8.85. The average molecular weight is 387 g/mol. The Hall–Kier alpha value is -1.27. The first-order valence-corrected chi connectivity index (χ1v) is 11.1. The molecule has 0 spiro atoms. The van der Waals surface area contributed by atoms with Crippen molar-refractivity contribution >= 4 is 33.2 Å². The van der Waals surface area contributed by atoms with Gasteiger partial charge in [0, 0.05) is 11.6 Å². The third-order valence-corrected chi connectivity index (χ3v) is 6.10. The Morgan fingerprint density at radius 2 is 2.00 bits per heavy atom. The van der Waals surface area contributed by atoms with Crippen molar-refractivity contribution in [2.45, 2.75) is 51.5 Å². The summed E-state index contributed by atoms with van der Waals surface area (Å²) in [5.74, 6) is 0.242. The second-order valence-corrected chi connectivity index (χ2v) is 9.01. The number of amides is 1. The molecule has 0 bridgehead atoms. The van der Waals surface area contributed by atoms with Gasteiger partial charge in [-0.1, -0.05) is 43.9 Å². The fourth-order valence-corrected chi connectivity index (χ4v) is 4.82. The number of nitrogens with one attached hydrogen (secondary N) is 1. The summed E-state index contributed by atoms with van der Waals surface area (Å²) in [4.78, 5) is 12.7. The average Bonchev–Trinajstić information content (AvgIpc) is 2.57. The zero-order valence-electron chi connectivity index (χ0n) is 14.9. The number of hydrogen-bond acceptors (Lipinski definition) is 3. The largest absolute Gasteiger partial charge is 0.354 e. The van der Waals surface area contributed by atoms with Crippen molar-refractivity contribution in [3.63, 3.8) is 0 Å². The Morgan fingerprint density at radius 3 is 2.56 bits per heavy atom. The second kappa shape index (κ2) is 8.90. The van der Waals surface area contributed by atoms with Crippen molar-refractivity contribution in [2.24, 2.45) is 5.92 Å². The van der Waals surface area contributed by atoms with E-state index in [1.807, 2.05) is 6.92 Å². The van der Waals surface area contributed by atoms with Crippen LogP contribution in [0.15, 0.2) is 24.3 Å². The minimum Gasteiger partial charge on any atom is -0.354 e. The van der Waals surface area contributed by atoms with Crippen molar-refractivity contribution in [2.75, 3.05) is 17.1 Å². The Bertz CT molecular complexity index is 687. The van der Waals surface area contributed by atoms with E-state index in [0.717, 1.165) is 19.1 Å². The van der Waals surface area contributed by atoms with E-state index in [-0.39, 0.29) is 5.91 Å². The molecule has 0 radical (unpaired) electrons. The van der Waals surface area contributed by atoms with E-state index < -0.39 is 16.1 Å². The van der Waals surface area contributed by atoms with E-state index in [4.69, 9.17) is 11.6 Å². The Kier molecular flexibility index (Phi) is 7.14. The Labute approximate surface area is 155 Å². The molecule has 1 aliphatic rings. The number of sulfonamides is 1. The molecule has 25 heavy (non-hydrogen) atoms. The van der Waals surface area contributed by atoms with Crippen LogP contribution in [0.4, 0.5) is 5.69 Å². The van der Waals surface area contributed by atoms with Crippen LogP contribution in [-0.2, 0) is 14.8 Å². The number of rotatable bonds is 7. The molecule has 1 saturated carbocycles. The maximum atomic E-state index is 12.7. The lowest BCUT2D eigenvalue weighted by Crippen LogP contribution is -2.50. The number of hydrogen-bond donors (Lipinski definition) is 1. The normalized spacial score (nSPS) is 17.1. The second-order valence-electron chi connectivity index (χ2n) is 6.71. The fourth-order valence-electron chi connectivity index (χ4n) is 3.43. The van der Waals surface area contributed by atoms with Crippen molar-refractivity contribution in [1.29, 1.82) is 0 Å². The number of benzene rings is 1. The molecule has 0 aromatic heterocycles. The van der Waals surface area contributed by atoms with Gasteiger partial charge >= 0.3 is 0 Å². The van der Waals surface area contributed by atoms with Gasteiger partial charge in [-0.2, -0.15) is 0 Å². The quantitative estimate of drug-likeness (QED) is 0.778. The van der Waals surface area contributed by atoms with E-state index in [9.17, 15) is 13.2 Å². The molecule has 1 aliphatic carbocycles. The number of nitrogens with zero attached hydrogens (tertiary/aromatic N) is 1. The highest BCUT2D eigenvalue weighted by atomic mass is 35.5. The molecule has 1 aromatic rings. The molecule has 0 heterocycles. The number of halogens is 1. The number of anilines is 1. The van der Waals surface area contributed by atoms with E-state index in [1.165, 1.54) is 23.6 Å². The summed E-state index contributed by atoms with van der Waals surface area (Å²) in [5.41, 5.74) is 0.412. The van der Waals surface area contributed by atoms with Gasteiger partial charge < -0.3 is 5.32 Å². The molecule has 1 aromatic carbocycles. The molecule has 0 saturated heterocycles. The lowest BCUT2D eigenvalue weighted by atomic mass is 9.89. The third-order valence-electron chi connectivity index (χ3n) is 4.68. The van der Waals surface area contributed by atoms with Crippen LogP contribution in [0.25, 0.3) is 0 Å². The van der Waals surface area contributed by atoms with Gasteiger partial charge in [0.1, 0.15) is 6.04 Å². The van der Waals surface area contributed by atoms with Crippen LogP contribution < -0.4 is 9.62 Å². The molecular formula is C18H27ClN2O3S. The van der Waals surface area contributed by atoms with Gasteiger partial charge in [-0.3, -0.25) is 9.10 Å². The smallest absolute Gasteiger partial charge is 0.243 e. The minimum atomic E-state index is -3.62. The summed E-state index contributed by atoms with van der Waals surface area (Å²) in [6.07, 6.45) is 7.42. The van der Waals surface area contributed by atoms with Crippen LogP contribution in [0.2, 0.25) is 5.02 Å². The maximum Gasteiger partial charge on any atom is 0.243 e. The van der Waals surface area contributed by atoms with E-state index in [2.05, 4.69) is 5.32 Å². The predicted octanol–water partition coefficient (Wildman–Crippen LogP) is 3.58. The maximum absolute atomic E-state index is 12.7. The van der Waals surface area contributed by atoms with Gasteiger partial charge in [0.2, 0.25) is 15.9 Å². The molecule has 1 amide bonds. The molecular weight excluding hydrogens is 360 g/mol. The molecule has 1 N–H and O–H groups in total. The molecule has 2 rings (SSSR count). The summed E-state index contributed by atoms with van der Waals surface area (Å²) in [7, 11) is -3.62. The van der Waals surface area contributed by atoms with Crippen LogP contribution in [0, 0.1) is 5.92 Å². The van der Waals surface area contributed by atoms with E-state index >= 15 is 0 Å². The predicted molar refractivity (Wildman–Crippen MR) is 102 cm³/mol. The van der Waals surface area contributed by atoms with Crippen LogP contribution in [0.3, 0.4) is 0 Å². The topological polar surface area (TPSA) is 66.5 Å². The summed E-state index contributed by atoms with van der Waals surface area (Å²) in [6.45, 7) is 2.43. The summed E-state index contributed by atoms with van der Waals surface area (Å²) in [6, 6.07) is 5.80. The zero-order chi connectivity index (χ0) is 18.4. The van der Waals surface area contributed by atoms with E-state index in [0.29, 0.717) is 29.6 Å². The van der Waals surface area contributed by atoms with Gasteiger partial charge in [-0.05, 0) is 43.4 Å². The van der Waals surface area contributed by atoms with Crippen LogP contribution >= 0.6 is 11.6 Å². The molecule has 5 nitrogen and oxygen atoms in total. The molecule has 1 fully saturated rings. The summed E-state index contributed by atoms with van der Waals surface area (Å²) >= 11 is 6.01. The van der Waals surface area contributed by atoms with Gasteiger partial charge in [0.15, 0.2) is 0 Å². The van der Waals surface area contributed by atoms with Crippen molar-refractivity contribution < 1.29 is 13.2 Å². The number of carbonyl (C=O) groups is 1. The summed E-state index contributed by atoms with van der Waals surface area (Å²) in [5, 5.41) is 3.40. The SMILES string of the molecule is CC[C@H](C(=O)NCC1CCCCC1)N(c1cccc(Cl)c1)S(C)(=O)=O. The highest BCUT2D eigenvalue weighted by Gasteiger charge is 2.31. The van der Waals surface area contributed by atoms with Gasteiger partial charge in [0.05, 0.1) is 11.9 Å². The third kappa shape index (κ3) is 5.61. The lowest BCUT2D eigenvalue weighted by molar-refractivity contribution is -0.122. The first kappa shape index (κ1) is 20.0. The van der Waals surface area contributed by atoms with Gasteiger partial charge in [0.25, 0.3) is 0 Å². The van der Waals surface area contributed by atoms with Crippen molar-refractivity contribution in [3.8, 4) is 0 Å². The van der Waals surface area contributed by atoms with Crippen LogP contribution in [0.5, 0.6) is 0 Å². The van der Waals surface area contributed by atoms with Crippen LogP contribution in [-0.4, -0.2) is 33.2 Å². The lowest BCUT2D eigenvalue weighted by Gasteiger charge is -2.31. The van der Waals surface area contributed by atoms with Gasteiger partial charge in [-0.25, -0.2) is 8.42 Å². The monoisotopic (exact) mass is 386 g/mol. The highest BCUT2D eigenvalue weighted by molar-refractivity contribution is 7.92. The summed E-state index contributed by atoms with van der Waals surface area (Å²) < 4.78 is 25.9. The van der Waals surface area contributed by atoms with E-state index in [1.54, 1.807) is 24.3 Å². The minimum absolute atomic E-state index is 0.251. The van der Waals surface area contributed by atoms with Crippen LogP contribution in [0.1, 0.15) is 45.4 Å². The Balaban J connectivity index is 2.16. The molecule has 140 valence electrons. The van der Waals surface area contributed by atoms with Gasteiger partial charge in [-0.15, -0.1) is 0 Å².